The zero-order valence-corrected chi connectivity index (χ0v) is 66.3. The molecule has 49 heteroatoms. The van der Waals surface area contributed by atoms with Gasteiger partial charge in [0.15, 0.2) is 15.4 Å². The lowest BCUT2D eigenvalue weighted by Crippen LogP contribution is -2.28. The van der Waals surface area contributed by atoms with Crippen molar-refractivity contribution < 1.29 is 44.2 Å². The second-order valence-corrected chi connectivity index (χ2v) is 29.6. The molecule has 0 saturated carbocycles. The third-order valence-corrected chi connectivity index (χ3v) is 21.8. The number of hydrogen-bond acceptors (Lipinski definition) is 30. The number of nitrogens with one attached hydrogen (secondary N) is 2. The minimum atomic E-state index is -0.771. The van der Waals surface area contributed by atoms with Crippen molar-refractivity contribution in [1.82, 2.24) is 20.3 Å². The Hall–Kier alpha value is -7.66. The second kappa shape index (κ2) is 38.1. The van der Waals surface area contributed by atoms with E-state index in [9.17, 15) is 85.7 Å². The van der Waals surface area contributed by atoms with Crippen LogP contribution in [-0.2, 0) is 0 Å². The molecule has 10 rings (SSSR count). The number of nitriles is 1. The largest absolute Gasteiger partial charge is 0.399 e. The number of rotatable bonds is 11. The van der Waals surface area contributed by atoms with Crippen LogP contribution in [0.1, 0.15) is 6.92 Å². The number of thiocyanates is 1. The summed E-state index contributed by atoms with van der Waals surface area (Å²) in [5.41, 5.74) is 27.3. The van der Waals surface area contributed by atoms with Crippen LogP contribution in [-0.4, -0.2) is 66.9 Å². The normalized spacial score (nSPS) is 10.1. The van der Waals surface area contributed by atoms with Gasteiger partial charge in [-0.1, -0.05) is 34.0 Å². The predicted octanol–water partition coefficient (Wildman–Crippen LogP) is 18.1. The van der Waals surface area contributed by atoms with Gasteiger partial charge in [-0.05, 0) is 218 Å². The Morgan fingerprint density at radius 1 is 0.500 bits per heavy atom. The van der Waals surface area contributed by atoms with Crippen LogP contribution in [0.3, 0.4) is 0 Å². The number of halogens is 9. The van der Waals surface area contributed by atoms with Gasteiger partial charge in [-0.3, -0.25) is 86.2 Å². The number of nitrogens with two attached hydrogens (primary N) is 5. The first-order valence-corrected chi connectivity index (χ1v) is 35.7. The fourth-order valence-electron chi connectivity index (χ4n) is 6.72. The number of carbonyl (C=O) groups excluding carboxylic acids is 1. The van der Waals surface area contributed by atoms with Crippen molar-refractivity contribution in [1.29, 1.82) is 5.26 Å². The van der Waals surface area contributed by atoms with E-state index in [4.69, 9.17) is 33.9 Å². The molecular formula is C49H32Br7I2N19O17S4. The maximum Gasteiger partial charge on any atom is 0.321 e. The van der Waals surface area contributed by atoms with Crippen LogP contribution >= 0.6 is 202 Å². The van der Waals surface area contributed by atoms with Crippen molar-refractivity contribution in [3.8, 4) is 5.40 Å². The molecule has 0 radical (unpaired) electrons. The van der Waals surface area contributed by atoms with Crippen molar-refractivity contribution in [2.24, 2.45) is 0 Å². The number of hydrogen-bond donors (Lipinski definition) is 7. The van der Waals surface area contributed by atoms with Gasteiger partial charge in [-0.25, -0.2) is 19.7 Å². The number of aromatic nitrogens is 3. The minimum absolute atomic E-state index is 0.0538. The number of thiazole rings is 3. The molecule has 7 aromatic carbocycles. The molecule has 3 heterocycles. The van der Waals surface area contributed by atoms with Crippen LogP contribution < -0.4 is 39.3 Å². The first-order valence-electron chi connectivity index (χ1n) is 24.7. The number of nitrogens with zero attached hydrogens (tertiary/aromatic N) is 12. The average Bonchev–Trinajstić information content (AvgIpc) is 1.63. The summed E-state index contributed by atoms with van der Waals surface area (Å²) in [5.74, 6) is 0. The topological polar surface area (TPSA) is 579 Å². The lowest BCUT2D eigenvalue weighted by molar-refractivity contribution is -0.396. The number of thioether (sulfide) groups is 1. The van der Waals surface area contributed by atoms with Gasteiger partial charge < -0.3 is 34.0 Å². The summed E-state index contributed by atoms with van der Waals surface area (Å²) in [6.07, 6.45) is 0. The average molecular weight is 2100 g/mol. The van der Waals surface area contributed by atoms with Crippen LogP contribution in [0.2, 0.25) is 0 Å². The highest BCUT2D eigenvalue weighted by atomic mass is 127. The van der Waals surface area contributed by atoms with E-state index in [2.05, 4.69) is 188 Å². The molecule has 0 aliphatic carbocycles. The van der Waals surface area contributed by atoms with Crippen LogP contribution in [0.25, 0.3) is 30.6 Å². The molecule has 98 heavy (non-hydrogen) atoms. The van der Waals surface area contributed by atoms with Crippen molar-refractivity contribution >= 4 is 317 Å². The minimum Gasteiger partial charge on any atom is -0.399 e. The van der Waals surface area contributed by atoms with Crippen molar-refractivity contribution in [3.63, 3.8) is 0 Å². The van der Waals surface area contributed by atoms with E-state index in [1.807, 2.05) is 37.3 Å². The van der Waals surface area contributed by atoms with Crippen LogP contribution in [0, 0.1) is 98.7 Å². The van der Waals surface area contributed by atoms with Crippen molar-refractivity contribution in [2.45, 2.75) is 11.8 Å². The van der Waals surface area contributed by atoms with Gasteiger partial charge in [0.2, 0.25) is 0 Å². The monoisotopic (exact) mass is 2090 g/mol. The highest BCUT2D eigenvalue weighted by Gasteiger charge is 2.25. The maximum absolute atomic E-state index is 11.4. The molecule has 0 unspecified atom stereocenters. The fourth-order valence-corrected chi connectivity index (χ4v) is 15.6. The number of nitrogen functional groups attached to an aromatic ring is 5. The standard InChI is InChI=1S/C10H9BrIN3OS.C7H4BrIN2S.C7H2BrN3O4S.C7H6BrN3S.C6H2Br2N2O4.C6H4BrN3O4.C6H5N3O4/c1-2-13-9(16)15-10-14-7-4-5(12)3-6(11)8(7)17-10;8-4-1-3(9)2-5-6(4)12-7(10)11-5;8-5-1-4(10(12)13)2-6(11(14)15)7(5)16-3-9;8-4-1-3(9)2-5-6(4)12-7(10)11-5;2*7-4-1-3(9(11)12)2-5(6(4)8)10(13)14;7-5-2-1-4(8(10)11)3-6(5)9(12)13/h3-4H,2H2,1H3,(H2,13,14,15,16);1-2H,(H2,10,11);1-2H;1-2H,9H2,(H2,10,11);1-2H;1-2H,8H2;1-3H,7H2. The van der Waals surface area contributed by atoms with E-state index in [1.165, 1.54) is 40.1 Å². The number of non-ortho nitro benzene ring substituents is 4. The highest BCUT2D eigenvalue weighted by molar-refractivity contribution is 14.1. The lowest BCUT2D eigenvalue weighted by Gasteiger charge is -2.00. The van der Waals surface area contributed by atoms with E-state index in [1.54, 1.807) is 5.40 Å². The van der Waals surface area contributed by atoms with Gasteiger partial charge in [-0.2, -0.15) is 5.26 Å². The Morgan fingerprint density at radius 3 is 1.37 bits per heavy atom. The number of amides is 2. The molecule has 2 amide bonds. The fraction of sp³-hybridized carbons (Fsp3) is 0.0408. The smallest absolute Gasteiger partial charge is 0.321 e. The molecule has 3 aromatic heterocycles. The predicted molar refractivity (Wildman–Crippen MR) is 413 cm³/mol. The Balaban J connectivity index is 0.000000244. The quantitative estimate of drug-likeness (QED) is 0.0158. The Bertz CT molecular complexity index is 4700. The van der Waals surface area contributed by atoms with Crippen LogP contribution in [0.4, 0.5) is 82.8 Å². The molecule has 0 bridgehead atoms. The van der Waals surface area contributed by atoms with E-state index in [0.717, 1.165) is 99.7 Å². The molecule has 36 nitrogen and oxygen atoms in total. The van der Waals surface area contributed by atoms with Gasteiger partial charge in [0.25, 0.3) is 45.5 Å². The number of benzene rings is 7. The molecule has 0 saturated heterocycles. The third-order valence-electron chi connectivity index (χ3n) is 10.8. The molecule has 0 spiro atoms. The van der Waals surface area contributed by atoms with Crippen LogP contribution in [0.15, 0.2) is 127 Å². The lowest BCUT2D eigenvalue weighted by atomic mass is 10.2. The summed E-state index contributed by atoms with van der Waals surface area (Å²) < 4.78 is 9.25. The van der Waals surface area contributed by atoms with E-state index >= 15 is 0 Å². The third kappa shape index (κ3) is 24.1. The Morgan fingerprint density at radius 2 is 0.908 bits per heavy atom. The van der Waals surface area contributed by atoms with E-state index < -0.39 is 62.1 Å². The summed E-state index contributed by atoms with van der Waals surface area (Å²) in [7, 11) is 0. The molecule has 12 N–H and O–H groups in total. The van der Waals surface area contributed by atoms with Gasteiger partial charge in [0, 0.05) is 66.0 Å². The van der Waals surface area contributed by atoms with Crippen molar-refractivity contribution in [2.75, 3.05) is 40.5 Å². The van der Waals surface area contributed by atoms with E-state index in [0.29, 0.717) is 39.4 Å². The summed E-state index contributed by atoms with van der Waals surface area (Å²) in [6.45, 7) is 2.47. The maximum atomic E-state index is 11.4. The zero-order chi connectivity index (χ0) is 73.9. The Kier molecular flexibility index (Phi) is 32.1. The number of nitro groups is 8. The number of fused-ring (bicyclic) bond motifs is 3. The summed E-state index contributed by atoms with van der Waals surface area (Å²) in [4.78, 5) is 102. The summed E-state index contributed by atoms with van der Waals surface area (Å²) in [5, 5.41) is 101. The SMILES string of the molecule is CCNC(=O)Nc1nc2cc(I)cc(Br)c2s1.N#CSc1c(Br)cc([N+](=O)[O-])cc1[N+](=O)[O-].Nc1c(Br)cc([N+](=O)[O-])cc1[N+](=O)[O-].Nc1cc(Br)c2sc(N)nc2c1.Nc1ccc([N+](=O)[O-])cc1[N+](=O)[O-].Nc1nc2cc(I)cc(Br)c2s1.O=[N+]([O-])c1cc(Br)c(Br)c([N+](=O)[O-])c1. The number of carbonyl (C=O) groups is 1. The van der Waals surface area contributed by atoms with Crippen LogP contribution in [0.5, 0.6) is 0 Å². The first-order chi connectivity index (χ1) is 45.8. The molecule has 0 aliphatic rings. The Labute approximate surface area is 647 Å². The van der Waals surface area contributed by atoms with E-state index in [-0.39, 0.29) is 62.9 Å². The first kappa shape index (κ1) is 82.8. The summed E-state index contributed by atoms with van der Waals surface area (Å²) >= 11 is 31.6. The molecule has 0 fully saturated rings. The molecular weight excluding hydrogens is 2070 g/mol. The van der Waals surface area contributed by atoms with Gasteiger partial charge in [0.1, 0.15) is 26.1 Å². The number of urea groups is 1. The summed E-state index contributed by atoms with van der Waals surface area (Å²) in [6, 6.07) is 20.6. The van der Waals surface area contributed by atoms with Gasteiger partial charge in [-0.15, -0.1) is 0 Å². The van der Waals surface area contributed by atoms with Gasteiger partial charge >= 0.3 is 6.03 Å². The zero-order valence-electron chi connectivity index (χ0n) is 47.6. The molecule has 0 atom stereocenters. The molecule has 10 aromatic rings. The van der Waals surface area contributed by atoms with Crippen molar-refractivity contribution in [3.05, 3.63) is 210 Å². The number of anilines is 6. The highest BCUT2D eigenvalue weighted by Crippen LogP contribution is 2.41. The second-order valence-electron chi connectivity index (χ2n) is 17.3. The molecule has 512 valence electrons. The molecule has 0 aliphatic heterocycles. The number of nitro benzene ring substituents is 8. The van der Waals surface area contributed by atoms with Gasteiger partial charge in [0.05, 0.1) is 98.8 Å².